The normalized spacial score (nSPS) is 13.7. The fourth-order valence-electron chi connectivity index (χ4n) is 0.927. The first-order valence-electron chi connectivity index (χ1n) is 4.14. The lowest BCUT2D eigenvalue weighted by Crippen LogP contribution is -2.35. The molecule has 84 valence electrons. The van der Waals surface area contributed by atoms with Crippen molar-refractivity contribution in [2.24, 2.45) is 0 Å². The van der Waals surface area contributed by atoms with E-state index in [1.54, 1.807) is 18.2 Å². The van der Waals surface area contributed by atoms with Crippen molar-refractivity contribution >= 4 is 17.3 Å². The van der Waals surface area contributed by atoms with Crippen LogP contribution in [0.1, 0.15) is 0 Å². The first kappa shape index (κ1) is 12.1. The number of aliphatic hydroxyl groups excluding tert-OH is 1. The molecule has 0 fully saturated rings. The van der Waals surface area contributed by atoms with Crippen LogP contribution in [-0.4, -0.2) is 23.9 Å². The van der Waals surface area contributed by atoms with Crippen LogP contribution in [0.5, 0.6) is 0 Å². The number of anilines is 1. The van der Waals surface area contributed by atoms with E-state index in [9.17, 15) is 13.2 Å². The fourth-order valence-corrected chi connectivity index (χ4v) is 1.13. The van der Waals surface area contributed by atoms with E-state index in [2.05, 4.69) is 5.32 Å². The van der Waals surface area contributed by atoms with Crippen molar-refractivity contribution in [3.8, 4) is 0 Å². The second kappa shape index (κ2) is 4.72. The summed E-state index contributed by atoms with van der Waals surface area (Å²) >= 11 is 5.70. The summed E-state index contributed by atoms with van der Waals surface area (Å²) in [6, 6.07) is 6.37. The lowest BCUT2D eigenvalue weighted by atomic mass is 10.3. The highest BCUT2D eigenvalue weighted by Crippen LogP contribution is 2.23. The molecule has 0 amide bonds. The van der Waals surface area contributed by atoms with E-state index in [0.29, 0.717) is 10.7 Å². The molecule has 0 saturated heterocycles. The van der Waals surface area contributed by atoms with E-state index in [0.717, 1.165) is 0 Å². The Labute approximate surface area is 89.7 Å². The molecule has 0 bridgehead atoms. The van der Waals surface area contributed by atoms with Gasteiger partial charge in [-0.2, -0.15) is 13.2 Å². The Morgan fingerprint density at radius 1 is 1.33 bits per heavy atom. The number of benzene rings is 1. The minimum absolute atomic E-state index is 0.312. The molecule has 0 heterocycles. The lowest BCUT2D eigenvalue weighted by molar-refractivity contribution is -0.198. The van der Waals surface area contributed by atoms with E-state index in [4.69, 9.17) is 16.7 Å². The van der Waals surface area contributed by atoms with Gasteiger partial charge in [0, 0.05) is 6.54 Å². The monoisotopic (exact) mass is 239 g/mol. The molecule has 1 atom stereocenters. The summed E-state index contributed by atoms with van der Waals surface area (Å²) < 4.78 is 35.8. The van der Waals surface area contributed by atoms with Crippen molar-refractivity contribution in [2.75, 3.05) is 11.9 Å². The van der Waals surface area contributed by atoms with E-state index in [1.165, 1.54) is 6.07 Å². The predicted molar refractivity (Wildman–Crippen MR) is 52.0 cm³/mol. The Balaban J connectivity index is 2.55. The zero-order chi connectivity index (χ0) is 11.5. The predicted octanol–water partition coefficient (Wildman–Crippen LogP) is 2.68. The third-order valence-corrected chi connectivity index (χ3v) is 2.07. The molecule has 1 aromatic carbocycles. The van der Waals surface area contributed by atoms with Gasteiger partial charge in [0.05, 0.1) is 10.7 Å². The Bertz CT molecular complexity index is 329. The van der Waals surface area contributed by atoms with Crippen molar-refractivity contribution < 1.29 is 18.3 Å². The summed E-state index contributed by atoms with van der Waals surface area (Å²) in [4.78, 5) is 0. The van der Waals surface area contributed by atoms with Gasteiger partial charge in [-0.05, 0) is 12.1 Å². The van der Waals surface area contributed by atoms with Gasteiger partial charge in [-0.1, -0.05) is 23.7 Å². The van der Waals surface area contributed by atoms with Gasteiger partial charge in [0.1, 0.15) is 0 Å². The van der Waals surface area contributed by atoms with Crippen molar-refractivity contribution in [3.63, 3.8) is 0 Å². The SMILES string of the molecule is OC(CNc1ccccc1Cl)C(F)(F)F. The third-order valence-electron chi connectivity index (χ3n) is 1.74. The summed E-state index contributed by atoms with van der Waals surface area (Å²) in [6.07, 6.45) is -7.01. The average Bonchev–Trinajstić information content (AvgIpc) is 2.14. The Hall–Kier alpha value is -0.940. The number of alkyl halides is 3. The quantitative estimate of drug-likeness (QED) is 0.850. The molecule has 15 heavy (non-hydrogen) atoms. The molecule has 0 spiro atoms. The summed E-state index contributed by atoms with van der Waals surface area (Å²) in [6.45, 7) is -0.618. The Morgan fingerprint density at radius 2 is 1.93 bits per heavy atom. The van der Waals surface area contributed by atoms with Crippen molar-refractivity contribution in [2.45, 2.75) is 12.3 Å². The maximum absolute atomic E-state index is 11.9. The maximum atomic E-state index is 11.9. The van der Waals surface area contributed by atoms with Crippen LogP contribution in [0, 0.1) is 0 Å². The number of hydrogen-bond donors (Lipinski definition) is 2. The van der Waals surface area contributed by atoms with E-state index in [1.807, 2.05) is 0 Å². The van der Waals surface area contributed by atoms with Crippen molar-refractivity contribution in [1.29, 1.82) is 0 Å². The zero-order valence-corrected chi connectivity index (χ0v) is 8.31. The maximum Gasteiger partial charge on any atom is 0.416 e. The highest BCUT2D eigenvalue weighted by molar-refractivity contribution is 6.33. The molecule has 0 aliphatic carbocycles. The van der Waals surface area contributed by atoms with Gasteiger partial charge in [-0.3, -0.25) is 0 Å². The lowest BCUT2D eigenvalue weighted by Gasteiger charge is -2.16. The minimum Gasteiger partial charge on any atom is -0.382 e. The van der Waals surface area contributed by atoms with E-state index < -0.39 is 18.8 Å². The molecule has 2 N–H and O–H groups in total. The van der Waals surface area contributed by atoms with Gasteiger partial charge in [0.25, 0.3) is 0 Å². The number of hydrogen-bond acceptors (Lipinski definition) is 2. The second-order valence-corrected chi connectivity index (χ2v) is 3.33. The van der Waals surface area contributed by atoms with Crippen LogP contribution in [0.25, 0.3) is 0 Å². The topological polar surface area (TPSA) is 32.3 Å². The Morgan fingerprint density at radius 3 is 2.47 bits per heavy atom. The number of para-hydroxylation sites is 1. The molecule has 1 aromatic rings. The van der Waals surface area contributed by atoms with Gasteiger partial charge in [0.15, 0.2) is 6.10 Å². The molecule has 2 nitrogen and oxygen atoms in total. The summed E-state index contributed by atoms with van der Waals surface area (Å²) in [5.41, 5.74) is 0.363. The van der Waals surface area contributed by atoms with Crippen LogP contribution >= 0.6 is 11.6 Å². The van der Waals surface area contributed by atoms with Gasteiger partial charge >= 0.3 is 6.18 Å². The van der Waals surface area contributed by atoms with Gasteiger partial charge in [0.2, 0.25) is 0 Å². The van der Waals surface area contributed by atoms with Crippen LogP contribution in [0.3, 0.4) is 0 Å². The molecule has 0 radical (unpaired) electrons. The van der Waals surface area contributed by atoms with Crippen LogP contribution in [-0.2, 0) is 0 Å². The molecular weight excluding hydrogens is 231 g/mol. The number of rotatable bonds is 3. The van der Waals surface area contributed by atoms with Crippen LogP contribution in [0.15, 0.2) is 24.3 Å². The zero-order valence-electron chi connectivity index (χ0n) is 7.55. The molecule has 0 aromatic heterocycles. The smallest absolute Gasteiger partial charge is 0.382 e. The number of halogens is 4. The Kier molecular flexibility index (Phi) is 3.82. The third kappa shape index (κ3) is 3.60. The molecular formula is C9H9ClF3NO. The summed E-state index contributed by atoms with van der Waals surface area (Å²) in [7, 11) is 0. The van der Waals surface area contributed by atoms with Gasteiger partial charge < -0.3 is 10.4 Å². The molecule has 0 aliphatic rings. The van der Waals surface area contributed by atoms with Gasteiger partial charge in [-0.15, -0.1) is 0 Å². The molecule has 1 unspecified atom stereocenters. The second-order valence-electron chi connectivity index (χ2n) is 2.92. The summed E-state index contributed by atoms with van der Waals surface area (Å²) in [5, 5.41) is 11.4. The summed E-state index contributed by atoms with van der Waals surface area (Å²) in [5.74, 6) is 0. The van der Waals surface area contributed by atoms with Crippen LogP contribution in [0.4, 0.5) is 18.9 Å². The highest BCUT2D eigenvalue weighted by atomic mass is 35.5. The fraction of sp³-hybridized carbons (Fsp3) is 0.333. The first-order chi connectivity index (χ1) is 6.91. The first-order valence-corrected chi connectivity index (χ1v) is 4.52. The average molecular weight is 240 g/mol. The minimum atomic E-state index is -4.62. The van der Waals surface area contributed by atoms with Crippen molar-refractivity contribution in [1.82, 2.24) is 0 Å². The van der Waals surface area contributed by atoms with Crippen molar-refractivity contribution in [3.05, 3.63) is 29.3 Å². The van der Waals surface area contributed by atoms with Crippen LogP contribution in [0.2, 0.25) is 5.02 Å². The highest BCUT2D eigenvalue weighted by Gasteiger charge is 2.37. The molecule has 1 rings (SSSR count). The standard InChI is InChI=1S/C9H9ClF3NO/c10-6-3-1-2-4-7(6)14-5-8(15)9(11,12)13/h1-4,8,14-15H,5H2. The van der Waals surface area contributed by atoms with Gasteiger partial charge in [-0.25, -0.2) is 0 Å². The van der Waals surface area contributed by atoms with Crippen LogP contribution < -0.4 is 5.32 Å². The molecule has 0 saturated carbocycles. The largest absolute Gasteiger partial charge is 0.416 e. The number of aliphatic hydroxyl groups is 1. The molecule has 6 heteroatoms. The van der Waals surface area contributed by atoms with E-state index in [-0.39, 0.29) is 0 Å². The van der Waals surface area contributed by atoms with E-state index >= 15 is 0 Å². The molecule has 0 aliphatic heterocycles. The number of nitrogens with one attached hydrogen (secondary N) is 1.